The third kappa shape index (κ3) is 4.34. The van der Waals surface area contributed by atoms with E-state index in [1.54, 1.807) is 0 Å². The highest BCUT2D eigenvalue weighted by Gasteiger charge is 2.34. The highest BCUT2D eigenvalue weighted by Crippen LogP contribution is 2.33. The second kappa shape index (κ2) is 7.23. The number of hydrogen-bond donors (Lipinski definition) is 1. The Morgan fingerprint density at radius 3 is 2.15 bits per heavy atom. The van der Waals surface area contributed by atoms with Crippen LogP contribution in [0.25, 0.3) is 0 Å². The highest BCUT2D eigenvalue weighted by atomic mass is 32.2. The van der Waals surface area contributed by atoms with E-state index >= 15 is 0 Å². The fourth-order valence-corrected chi connectivity index (χ4v) is 3.77. The van der Waals surface area contributed by atoms with Gasteiger partial charge in [-0.25, -0.2) is 8.42 Å². The molecular weight excluding hydrogens is 393 g/mol. The molecule has 0 atom stereocenters. The lowest BCUT2D eigenvalue weighted by Gasteiger charge is -2.23. The summed E-state index contributed by atoms with van der Waals surface area (Å²) in [5, 5.41) is 20.1. The van der Waals surface area contributed by atoms with E-state index in [1.165, 1.54) is 12.1 Å². The van der Waals surface area contributed by atoms with E-state index in [0.717, 1.165) is 24.3 Å². The molecule has 2 aromatic carbocycles. The Kier molecular flexibility index (Phi) is 5.40. The van der Waals surface area contributed by atoms with Gasteiger partial charge < -0.3 is 5.11 Å². The maximum atomic E-state index is 12.8. The molecule has 144 valence electrons. The lowest BCUT2D eigenvalue weighted by atomic mass is 10.2. The first-order valence-corrected chi connectivity index (χ1v) is 8.54. The van der Waals surface area contributed by atoms with Crippen LogP contribution in [0.2, 0.25) is 0 Å². The van der Waals surface area contributed by atoms with Crippen molar-refractivity contribution in [2.45, 2.75) is 11.1 Å². The molecule has 0 saturated heterocycles. The Balaban J connectivity index is 2.60. The minimum Gasteiger partial charge on any atom is -0.480 e. The molecule has 0 bridgehead atoms. The summed E-state index contributed by atoms with van der Waals surface area (Å²) < 4.78 is 63.9. The van der Waals surface area contributed by atoms with Crippen molar-refractivity contribution < 1.29 is 36.4 Å². The Labute approximate surface area is 150 Å². The third-order valence-corrected chi connectivity index (χ3v) is 5.21. The number of para-hydroxylation sites is 1. The van der Waals surface area contributed by atoms with Crippen LogP contribution < -0.4 is 4.31 Å². The van der Waals surface area contributed by atoms with Gasteiger partial charge in [0, 0.05) is 6.07 Å². The number of nitrogens with zero attached hydrogens (tertiary/aromatic N) is 2. The average molecular weight is 404 g/mol. The molecule has 0 spiro atoms. The molecule has 1 N–H and O–H groups in total. The summed E-state index contributed by atoms with van der Waals surface area (Å²) in [6.45, 7) is -1.14. The normalized spacial score (nSPS) is 11.8. The Hall–Kier alpha value is -3.15. The molecule has 0 fully saturated rings. The van der Waals surface area contributed by atoms with Gasteiger partial charge in [-0.3, -0.25) is 19.2 Å². The Bertz CT molecular complexity index is 974. The van der Waals surface area contributed by atoms with Crippen LogP contribution in [0.1, 0.15) is 5.56 Å². The summed E-state index contributed by atoms with van der Waals surface area (Å²) in [6.07, 6.45) is -4.67. The minimum absolute atomic E-state index is 0.290. The monoisotopic (exact) mass is 404 g/mol. The lowest BCUT2D eigenvalue weighted by molar-refractivity contribution is -0.387. The number of nitro groups is 1. The van der Waals surface area contributed by atoms with Crippen LogP contribution in [0.3, 0.4) is 0 Å². The standard InChI is InChI=1S/C15H11F3N2O6S/c16-15(17,18)10-5-7-11(8-6-10)19(9-14(21)22)27(25,26)13-4-2-1-3-12(13)20(23)24/h1-8H,9H2,(H,21,22). The fourth-order valence-electron chi connectivity index (χ4n) is 2.20. The first-order chi connectivity index (χ1) is 12.4. The molecule has 12 heteroatoms. The molecule has 0 unspecified atom stereocenters. The largest absolute Gasteiger partial charge is 0.480 e. The summed E-state index contributed by atoms with van der Waals surface area (Å²) in [5.41, 5.74) is -2.24. The van der Waals surface area contributed by atoms with Crippen molar-refractivity contribution in [3.63, 3.8) is 0 Å². The smallest absolute Gasteiger partial charge is 0.416 e. The molecule has 0 aliphatic rings. The van der Waals surface area contributed by atoms with Crippen molar-refractivity contribution in [3.8, 4) is 0 Å². The van der Waals surface area contributed by atoms with E-state index in [-0.39, 0.29) is 9.99 Å². The number of aliphatic carboxylic acids is 1. The van der Waals surface area contributed by atoms with Crippen LogP contribution in [0.15, 0.2) is 53.4 Å². The number of rotatable bonds is 6. The molecule has 0 saturated carbocycles. The first-order valence-electron chi connectivity index (χ1n) is 7.10. The number of carboxylic acid groups (broad SMARTS) is 1. The predicted molar refractivity (Wildman–Crippen MR) is 86.7 cm³/mol. The van der Waals surface area contributed by atoms with Crippen LogP contribution in [-0.4, -0.2) is 31.0 Å². The van der Waals surface area contributed by atoms with Gasteiger partial charge in [-0.15, -0.1) is 0 Å². The summed E-state index contributed by atoms with van der Waals surface area (Å²) >= 11 is 0. The van der Waals surface area contributed by atoms with Crippen molar-refractivity contribution in [3.05, 3.63) is 64.2 Å². The summed E-state index contributed by atoms with van der Waals surface area (Å²) in [6, 6.07) is 6.96. The van der Waals surface area contributed by atoms with Gasteiger partial charge in [0.2, 0.25) is 0 Å². The highest BCUT2D eigenvalue weighted by molar-refractivity contribution is 7.93. The number of nitro benzene ring substituents is 1. The SMILES string of the molecule is O=C(O)CN(c1ccc(C(F)(F)F)cc1)S(=O)(=O)c1ccccc1[N+](=O)[O-]. The minimum atomic E-state index is -4.74. The average Bonchev–Trinajstić information content (AvgIpc) is 2.58. The number of halogens is 3. The molecule has 0 amide bonds. The third-order valence-electron chi connectivity index (χ3n) is 3.39. The first kappa shape index (κ1) is 20.2. The van der Waals surface area contributed by atoms with E-state index < -0.39 is 49.8 Å². The predicted octanol–water partition coefficient (Wildman–Crippen LogP) is 2.89. The second-order valence-corrected chi connectivity index (χ2v) is 7.01. The van der Waals surface area contributed by atoms with Crippen LogP contribution in [0.5, 0.6) is 0 Å². The molecule has 27 heavy (non-hydrogen) atoms. The quantitative estimate of drug-likeness (QED) is 0.584. The van der Waals surface area contributed by atoms with Crippen molar-refractivity contribution >= 4 is 27.4 Å². The molecule has 0 heterocycles. The zero-order valence-corrected chi connectivity index (χ0v) is 14.1. The van der Waals surface area contributed by atoms with Crippen molar-refractivity contribution in [1.82, 2.24) is 0 Å². The molecule has 0 radical (unpaired) electrons. The van der Waals surface area contributed by atoms with Gasteiger partial charge in [0.25, 0.3) is 15.7 Å². The second-order valence-electron chi connectivity index (χ2n) is 5.17. The molecule has 8 nitrogen and oxygen atoms in total. The number of hydrogen-bond acceptors (Lipinski definition) is 5. The summed E-state index contributed by atoms with van der Waals surface area (Å²) in [7, 11) is -4.74. The number of benzene rings is 2. The van der Waals surface area contributed by atoms with Crippen molar-refractivity contribution in [2.75, 3.05) is 10.8 Å². The molecule has 0 aromatic heterocycles. The van der Waals surface area contributed by atoms with Crippen molar-refractivity contribution in [2.24, 2.45) is 0 Å². The van der Waals surface area contributed by atoms with Gasteiger partial charge in [-0.1, -0.05) is 12.1 Å². The van der Waals surface area contributed by atoms with Crippen LogP contribution in [0.4, 0.5) is 24.5 Å². The van der Waals surface area contributed by atoms with E-state index in [0.29, 0.717) is 12.1 Å². The Morgan fingerprint density at radius 2 is 1.67 bits per heavy atom. The molecule has 0 aliphatic heterocycles. The van der Waals surface area contributed by atoms with Gasteiger partial charge in [-0.2, -0.15) is 13.2 Å². The zero-order valence-electron chi connectivity index (χ0n) is 13.3. The maximum Gasteiger partial charge on any atom is 0.416 e. The van der Waals surface area contributed by atoms with Crippen molar-refractivity contribution in [1.29, 1.82) is 0 Å². The van der Waals surface area contributed by atoms with Crippen LogP contribution >= 0.6 is 0 Å². The lowest BCUT2D eigenvalue weighted by Crippen LogP contribution is -2.36. The topological polar surface area (TPSA) is 118 Å². The van der Waals surface area contributed by atoms with Gasteiger partial charge in [0.15, 0.2) is 4.90 Å². The number of carboxylic acids is 1. The number of alkyl halides is 3. The van der Waals surface area contributed by atoms with Crippen LogP contribution in [0, 0.1) is 10.1 Å². The van der Waals surface area contributed by atoms with Gasteiger partial charge in [-0.05, 0) is 30.3 Å². The summed E-state index contributed by atoms with van der Waals surface area (Å²) in [5.74, 6) is -1.60. The molecule has 2 aromatic rings. The molecule has 0 aliphatic carbocycles. The summed E-state index contributed by atoms with van der Waals surface area (Å²) in [4.78, 5) is 20.4. The van der Waals surface area contributed by atoms with Gasteiger partial charge >= 0.3 is 12.1 Å². The zero-order chi connectivity index (χ0) is 20.4. The molecule has 2 rings (SSSR count). The van der Waals surface area contributed by atoms with E-state index in [9.17, 15) is 36.5 Å². The van der Waals surface area contributed by atoms with E-state index in [1.807, 2.05) is 0 Å². The number of sulfonamides is 1. The van der Waals surface area contributed by atoms with Gasteiger partial charge in [0.1, 0.15) is 6.54 Å². The van der Waals surface area contributed by atoms with E-state index in [4.69, 9.17) is 5.11 Å². The van der Waals surface area contributed by atoms with E-state index in [2.05, 4.69) is 0 Å². The number of carbonyl (C=O) groups is 1. The van der Waals surface area contributed by atoms with Gasteiger partial charge in [0.05, 0.1) is 16.2 Å². The number of anilines is 1. The Morgan fingerprint density at radius 1 is 1.11 bits per heavy atom. The molecular formula is C15H11F3N2O6S. The maximum absolute atomic E-state index is 12.8. The fraction of sp³-hybridized carbons (Fsp3) is 0.133. The van der Waals surface area contributed by atoms with Crippen LogP contribution in [-0.2, 0) is 21.0 Å².